The quantitative estimate of drug-likeness (QED) is 0.902. The SMILES string of the molecule is COc1ccc(C(=O)Nc2ccc(Cl)cc2Cl)c(O)c1. The highest BCUT2D eigenvalue weighted by molar-refractivity contribution is 6.36. The Kier molecular flexibility index (Phi) is 4.37. The van der Waals surface area contributed by atoms with Crippen molar-refractivity contribution in [3.63, 3.8) is 0 Å². The number of nitrogens with one attached hydrogen (secondary N) is 1. The molecule has 0 aliphatic rings. The van der Waals surface area contributed by atoms with Gasteiger partial charge in [-0.25, -0.2) is 0 Å². The van der Waals surface area contributed by atoms with Gasteiger partial charge >= 0.3 is 0 Å². The highest BCUT2D eigenvalue weighted by atomic mass is 35.5. The summed E-state index contributed by atoms with van der Waals surface area (Å²) in [6.45, 7) is 0. The molecule has 104 valence electrons. The molecule has 6 heteroatoms. The summed E-state index contributed by atoms with van der Waals surface area (Å²) in [6.07, 6.45) is 0. The number of phenolic OH excluding ortho intramolecular Hbond substituents is 1. The zero-order valence-corrected chi connectivity index (χ0v) is 12.0. The summed E-state index contributed by atoms with van der Waals surface area (Å²) in [6, 6.07) is 9.12. The van der Waals surface area contributed by atoms with Crippen molar-refractivity contribution in [1.82, 2.24) is 0 Å². The van der Waals surface area contributed by atoms with E-state index in [4.69, 9.17) is 27.9 Å². The molecule has 0 radical (unpaired) electrons. The normalized spacial score (nSPS) is 10.2. The molecule has 1 amide bonds. The van der Waals surface area contributed by atoms with Gasteiger partial charge in [0.15, 0.2) is 0 Å². The van der Waals surface area contributed by atoms with E-state index in [1.165, 1.54) is 25.3 Å². The third-order valence-electron chi connectivity index (χ3n) is 2.63. The molecule has 2 aromatic rings. The molecule has 4 nitrogen and oxygen atoms in total. The Bertz CT molecular complexity index is 659. The van der Waals surface area contributed by atoms with Crippen LogP contribution in [0.25, 0.3) is 0 Å². The van der Waals surface area contributed by atoms with E-state index in [2.05, 4.69) is 5.32 Å². The third-order valence-corrected chi connectivity index (χ3v) is 3.18. The van der Waals surface area contributed by atoms with Crippen LogP contribution in [0.3, 0.4) is 0 Å². The predicted octanol–water partition coefficient (Wildman–Crippen LogP) is 3.96. The lowest BCUT2D eigenvalue weighted by Gasteiger charge is -2.09. The summed E-state index contributed by atoms with van der Waals surface area (Å²) in [4.78, 5) is 12.1. The fourth-order valence-corrected chi connectivity index (χ4v) is 2.07. The van der Waals surface area contributed by atoms with E-state index in [-0.39, 0.29) is 11.3 Å². The number of carbonyl (C=O) groups excluding carboxylic acids is 1. The lowest BCUT2D eigenvalue weighted by atomic mass is 10.1. The fraction of sp³-hybridized carbons (Fsp3) is 0.0714. The van der Waals surface area contributed by atoms with Crippen LogP contribution in [0.1, 0.15) is 10.4 Å². The maximum absolute atomic E-state index is 12.1. The van der Waals surface area contributed by atoms with E-state index in [0.29, 0.717) is 21.5 Å². The first kappa shape index (κ1) is 14.5. The molecule has 0 aliphatic carbocycles. The van der Waals surface area contributed by atoms with E-state index in [0.717, 1.165) is 0 Å². The van der Waals surface area contributed by atoms with Crippen molar-refractivity contribution < 1.29 is 14.6 Å². The number of carbonyl (C=O) groups is 1. The van der Waals surface area contributed by atoms with Gasteiger partial charge in [-0.15, -0.1) is 0 Å². The van der Waals surface area contributed by atoms with Gasteiger partial charge in [0.2, 0.25) is 0 Å². The van der Waals surface area contributed by atoms with E-state index in [1.54, 1.807) is 18.2 Å². The number of hydrogen-bond donors (Lipinski definition) is 2. The second kappa shape index (κ2) is 6.03. The Balaban J connectivity index is 2.24. The number of halogens is 2. The van der Waals surface area contributed by atoms with Gasteiger partial charge in [-0.3, -0.25) is 4.79 Å². The number of amides is 1. The van der Waals surface area contributed by atoms with Crippen LogP contribution >= 0.6 is 23.2 Å². The second-order valence-electron chi connectivity index (χ2n) is 3.96. The maximum atomic E-state index is 12.1. The fourth-order valence-electron chi connectivity index (χ4n) is 1.61. The van der Waals surface area contributed by atoms with Gasteiger partial charge in [0.1, 0.15) is 11.5 Å². The molecule has 0 fully saturated rings. The number of anilines is 1. The molecule has 2 aromatic carbocycles. The summed E-state index contributed by atoms with van der Waals surface area (Å²) in [5.74, 6) is -0.190. The minimum absolute atomic E-state index is 0.122. The van der Waals surface area contributed by atoms with Crippen molar-refractivity contribution in [3.05, 3.63) is 52.0 Å². The molecule has 0 heterocycles. The first-order valence-electron chi connectivity index (χ1n) is 5.64. The molecular weight excluding hydrogens is 301 g/mol. The first-order valence-corrected chi connectivity index (χ1v) is 6.40. The van der Waals surface area contributed by atoms with Gasteiger partial charge in [0, 0.05) is 11.1 Å². The van der Waals surface area contributed by atoms with Crippen LogP contribution in [0.4, 0.5) is 5.69 Å². The van der Waals surface area contributed by atoms with Crippen molar-refractivity contribution >= 4 is 34.8 Å². The van der Waals surface area contributed by atoms with Gasteiger partial charge in [-0.05, 0) is 30.3 Å². The van der Waals surface area contributed by atoms with Crippen molar-refractivity contribution in [1.29, 1.82) is 0 Å². The average molecular weight is 312 g/mol. The van der Waals surface area contributed by atoms with Crippen molar-refractivity contribution in [2.45, 2.75) is 0 Å². The number of methoxy groups -OCH3 is 1. The number of rotatable bonds is 3. The second-order valence-corrected chi connectivity index (χ2v) is 4.81. The molecule has 0 spiro atoms. The number of phenols is 1. The summed E-state index contributed by atoms with van der Waals surface area (Å²) >= 11 is 11.7. The molecule has 0 saturated carbocycles. The molecule has 0 saturated heterocycles. The number of benzene rings is 2. The Hall–Kier alpha value is -1.91. The molecule has 2 rings (SSSR count). The van der Waals surface area contributed by atoms with Crippen LogP contribution in [0, 0.1) is 0 Å². The Morgan fingerprint density at radius 3 is 2.55 bits per heavy atom. The van der Waals surface area contributed by atoms with Crippen molar-refractivity contribution in [2.75, 3.05) is 12.4 Å². The average Bonchev–Trinajstić information content (AvgIpc) is 2.41. The number of hydrogen-bond acceptors (Lipinski definition) is 3. The molecule has 20 heavy (non-hydrogen) atoms. The Morgan fingerprint density at radius 2 is 1.95 bits per heavy atom. The van der Waals surface area contributed by atoms with Gasteiger partial charge in [-0.1, -0.05) is 23.2 Å². The maximum Gasteiger partial charge on any atom is 0.259 e. The highest BCUT2D eigenvalue weighted by Crippen LogP contribution is 2.28. The molecule has 0 aliphatic heterocycles. The monoisotopic (exact) mass is 311 g/mol. The van der Waals surface area contributed by atoms with Gasteiger partial charge in [-0.2, -0.15) is 0 Å². The molecule has 2 N–H and O–H groups in total. The first-order chi connectivity index (χ1) is 9.51. The van der Waals surface area contributed by atoms with E-state index < -0.39 is 5.91 Å². The lowest BCUT2D eigenvalue weighted by molar-refractivity contribution is 0.102. The third kappa shape index (κ3) is 3.15. The topological polar surface area (TPSA) is 58.6 Å². The summed E-state index contributed by atoms with van der Waals surface area (Å²) in [5, 5.41) is 13.2. The van der Waals surface area contributed by atoms with Crippen LogP contribution in [0.15, 0.2) is 36.4 Å². The molecular formula is C14H11Cl2NO3. The van der Waals surface area contributed by atoms with Gasteiger partial charge in [0.05, 0.1) is 23.4 Å². The van der Waals surface area contributed by atoms with E-state index in [1.807, 2.05) is 0 Å². The smallest absolute Gasteiger partial charge is 0.259 e. The largest absolute Gasteiger partial charge is 0.507 e. The van der Waals surface area contributed by atoms with E-state index in [9.17, 15) is 9.90 Å². The standard InChI is InChI=1S/C14H11Cl2NO3/c1-20-9-3-4-10(13(18)7-9)14(19)17-12-5-2-8(15)6-11(12)16/h2-7,18H,1H3,(H,17,19). The minimum Gasteiger partial charge on any atom is -0.507 e. The lowest BCUT2D eigenvalue weighted by Crippen LogP contribution is -2.12. The van der Waals surface area contributed by atoms with E-state index >= 15 is 0 Å². The summed E-state index contributed by atoms with van der Waals surface area (Å²) < 4.78 is 4.95. The zero-order valence-electron chi connectivity index (χ0n) is 10.5. The minimum atomic E-state index is -0.477. The van der Waals surface area contributed by atoms with Crippen LogP contribution in [-0.2, 0) is 0 Å². The van der Waals surface area contributed by atoms with Gasteiger partial charge < -0.3 is 15.2 Å². The molecule has 0 atom stereocenters. The van der Waals surface area contributed by atoms with Gasteiger partial charge in [0.25, 0.3) is 5.91 Å². The Morgan fingerprint density at radius 1 is 1.20 bits per heavy atom. The molecule has 0 unspecified atom stereocenters. The van der Waals surface area contributed by atoms with Crippen LogP contribution in [-0.4, -0.2) is 18.1 Å². The van der Waals surface area contributed by atoms with Crippen LogP contribution in [0.2, 0.25) is 10.0 Å². The number of ether oxygens (including phenoxy) is 1. The van der Waals surface area contributed by atoms with Crippen molar-refractivity contribution in [3.8, 4) is 11.5 Å². The summed E-state index contributed by atoms with van der Waals surface area (Å²) in [7, 11) is 1.47. The molecule has 0 aromatic heterocycles. The van der Waals surface area contributed by atoms with Crippen LogP contribution in [0.5, 0.6) is 11.5 Å². The zero-order chi connectivity index (χ0) is 14.7. The Labute approximate surface area is 125 Å². The predicted molar refractivity (Wildman–Crippen MR) is 79.1 cm³/mol. The van der Waals surface area contributed by atoms with Crippen LogP contribution < -0.4 is 10.1 Å². The van der Waals surface area contributed by atoms with Crippen molar-refractivity contribution in [2.24, 2.45) is 0 Å². The summed E-state index contributed by atoms with van der Waals surface area (Å²) in [5.41, 5.74) is 0.535. The molecule has 0 bridgehead atoms. The number of aromatic hydroxyl groups is 1. The highest BCUT2D eigenvalue weighted by Gasteiger charge is 2.13.